The van der Waals surface area contributed by atoms with E-state index in [0.717, 1.165) is 94.6 Å². The zero-order valence-electron chi connectivity index (χ0n) is 66.4. The molecule has 0 amide bonds. The van der Waals surface area contributed by atoms with Gasteiger partial charge in [-0.15, -0.1) is 0 Å². The number of carboxylic acid groups (broad SMARTS) is 1. The number of hydrogen-bond donors (Lipinski definition) is 9. The van der Waals surface area contributed by atoms with Crippen LogP contribution in [0.2, 0.25) is 5.15 Å². The SMILES string of the molecule is CC(=O)O.COC(C)(OC)OC.Cc1ccc(N)c(Nc2cncc(Nc3ccc(C(F)(F)F)cc3)n2)c1.Cc1ccc([N+](=O)[O-])c(N)c1.Cc1ccc([N+](=O)[O-])c(Nc2cncc(Nc3ccc(C(F)(F)F)cc3)n2)c1.Cc1ccc2nc(C)n(-c3cncc(Nc4ccc(C(F)(F)F)cc4)n3)c2c1.FC(F)(F)c1ccc(Nc2cncc(Cl)n2)cc1. The van der Waals surface area contributed by atoms with Crippen LogP contribution >= 0.6 is 11.6 Å². The summed E-state index contributed by atoms with van der Waals surface area (Å²) in [5.74, 6) is 1.77. The van der Waals surface area contributed by atoms with E-state index in [1.165, 1.54) is 125 Å². The first-order valence-corrected chi connectivity index (χ1v) is 35.9. The molecule has 0 radical (unpaired) electrons. The van der Waals surface area contributed by atoms with E-state index in [2.05, 4.69) is 76.8 Å². The van der Waals surface area contributed by atoms with Crippen molar-refractivity contribution in [3.05, 3.63) is 295 Å². The third-order valence-electron chi connectivity index (χ3n) is 16.2. The molecule has 8 aromatic carbocycles. The topological polar surface area (TPSA) is 396 Å². The monoisotopic (exact) mass is 1740 g/mol. The van der Waals surface area contributed by atoms with Gasteiger partial charge in [-0.2, -0.15) is 52.7 Å². The Morgan fingerprint density at radius 1 is 0.415 bits per heavy atom. The molecule has 0 bridgehead atoms. The van der Waals surface area contributed by atoms with Crippen molar-refractivity contribution in [2.24, 2.45) is 0 Å². The Morgan fingerprint density at radius 3 is 1.10 bits per heavy atom. The number of imidazole rings is 1. The van der Waals surface area contributed by atoms with Gasteiger partial charge in [-0.05, 0) is 190 Å². The minimum absolute atomic E-state index is 0.0319. The minimum atomic E-state index is -4.41. The largest absolute Gasteiger partial charge is 0.481 e. The van der Waals surface area contributed by atoms with Crippen LogP contribution in [-0.2, 0) is 43.7 Å². The number of aryl methyl sites for hydroxylation is 5. The lowest BCUT2D eigenvalue weighted by Gasteiger charge is -2.23. The minimum Gasteiger partial charge on any atom is -0.481 e. The number of nitro benzene ring substituents is 2. The van der Waals surface area contributed by atoms with Gasteiger partial charge in [0.25, 0.3) is 23.3 Å². The number of aliphatic carboxylic acids is 1. The van der Waals surface area contributed by atoms with Crippen molar-refractivity contribution in [1.29, 1.82) is 0 Å². The zero-order valence-corrected chi connectivity index (χ0v) is 67.2. The van der Waals surface area contributed by atoms with Crippen molar-refractivity contribution in [2.45, 2.75) is 79.1 Å². The molecular formula is C81H77ClF12N20O9. The molecule has 42 heteroatoms. The van der Waals surface area contributed by atoms with Crippen molar-refractivity contribution < 1.29 is 86.6 Å². The van der Waals surface area contributed by atoms with Gasteiger partial charge in [0.2, 0.25) is 0 Å². The molecule has 5 aromatic heterocycles. The first-order valence-electron chi connectivity index (χ1n) is 35.5. The maximum atomic E-state index is 12.7. The van der Waals surface area contributed by atoms with Gasteiger partial charge in [-0.1, -0.05) is 35.9 Å². The molecule has 0 saturated heterocycles. The van der Waals surface area contributed by atoms with Gasteiger partial charge in [0, 0.05) is 70.1 Å². The summed E-state index contributed by atoms with van der Waals surface area (Å²) in [5, 5.41) is 46.5. The van der Waals surface area contributed by atoms with Crippen molar-refractivity contribution in [2.75, 3.05) is 64.7 Å². The Kier molecular flexibility index (Phi) is 33.4. The Bertz CT molecular complexity index is 5690. The number of nitrogen functional groups attached to an aromatic ring is 2. The number of methoxy groups -OCH3 is 3. The molecule has 29 nitrogen and oxygen atoms in total. The van der Waals surface area contributed by atoms with Crippen LogP contribution in [0, 0.1) is 54.8 Å². The number of nitrogens with zero attached hydrogens (tertiary/aromatic N) is 12. The van der Waals surface area contributed by atoms with Gasteiger partial charge in [-0.3, -0.25) is 49.5 Å². The van der Waals surface area contributed by atoms with E-state index in [0.29, 0.717) is 63.2 Å². The number of nitrogens with one attached hydrogen (secondary N) is 6. The number of ether oxygens (including phenoxy) is 3. The smallest absolute Gasteiger partial charge is 0.416 e. The number of nitrogens with two attached hydrogens (primary N) is 2. The summed E-state index contributed by atoms with van der Waals surface area (Å²) < 4.78 is 167. The van der Waals surface area contributed by atoms with E-state index in [1.807, 2.05) is 62.6 Å². The van der Waals surface area contributed by atoms with Crippen molar-refractivity contribution in [3.63, 3.8) is 0 Å². The summed E-state index contributed by atoms with van der Waals surface area (Å²) in [6, 6.07) is 39.3. The molecule has 11 N–H and O–H groups in total. The van der Waals surface area contributed by atoms with Gasteiger partial charge in [0.05, 0.1) is 104 Å². The fraction of sp³-hybridized carbons (Fsp3) is 0.185. The molecule has 0 unspecified atom stereocenters. The second kappa shape index (κ2) is 43.0. The molecule has 0 aliphatic heterocycles. The summed E-state index contributed by atoms with van der Waals surface area (Å²) in [7, 11) is 4.56. The summed E-state index contributed by atoms with van der Waals surface area (Å²) in [4.78, 5) is 67.1. The number of aromatic nitrogens is 10. The fourth-order valence-corrected chi connectivity index (χ4v) is 10.3. The number of carbonyl (C=O) groups is 1. The van der Waals surface area contributed by atoms with Gasteiger partial charge in [0.1, 0.15) is 22.4 Å². The van der Waals surface area contributed by atoms with Crippen LogP contribution < -0.4 is 43.4 Å². The molecular weight excluding hydrogens is 1660 g/mol. The van der Waals surface area contributed by atoms with Crippen molar-refractivity contribution in [1.82, 2.24) is 49.4 Å². The second-order valence-corrected chi connectivity index (χ2v) is 26.2. The summed E-state index contributed by atoms with van der Waals surface area (Å²) >= 11 is 5.63. The predicted octanol–water partition coefficient (Wildman–Crippen LogP) is 21.3. The highest BCUT2D eigenvalue weighted by atomic mass is 35.5. The zero-order chi connectivity index (χ0) is 90.7. The third kappa shape index (κ3) is 30.4. The Labute approximate surface area is 698 Å². The third-order valence-corrected chi connectivity index (χ3v) is 16.4. The van der Waals surface area contributed by atoms with Crippen molar-refractivity contribution in [3.8, 4) is 5.82 Å². The number of benzene rings is 8. The molecule has 646 valence electrons. The highest BCUT2D eigenvalue weighted by molar-refractivity contribution is 6.29. The number of alkyl halides is 12. The van der Waals surface area contributed by atoms with E-state index in [-0.39, 0.29) is 39.5 Å². The van der Waals surface area contributed by atoms with Crippen LogP contribution in [0.25, 0.3) is 16.9 Å². The molecule has 0 spiro atoms. The molecule has 13 aromatic rings. The highest BCUT2D eigenvalue weighted by Gasteiger charge is 2.33. The first-order chi connectivity index (χ1) is 57.8. The Hall–Kier alpha value is -14.5. The maximum absolute atomic E-state index is 12.7. The summed E-state index contributed by atoms with van der Waals surface area (Å²) in [6.07, 6.45) is -5.80. The van der Waals surface area contributed by atoms with Crippen LogP contribution in [0.15, 0.2) is 219 Å². The van der Waals surface area contributed by atoms with Gasteiger partial charge >= 0.3 is 24.7 Å². The average Bonchev–Trinajstić information content (AvgIpc) is 1.63. The lowest BCUT2D eigenvalue weighted by atomic mass is 10.2. The van der Waals surface area contributed by atoms with Crippen LogP contribution in [0.4, 0.5) is 144 Å². The molecule has 0 saturated carbocycles. The predicted molar refractivity (Wildman–Crippen MR) is 441 cm³/mol. The van der Waals surface area contributed by atoms with Gasteiger partial charge in [-0.25, -0.2) is 24.9 Å². The Morgan fingerprint density at radius 2 is 0.732 bits per heavy atom. The summed E-state index contributed by atoms with van der Waals surface area (Å²) in [5.41, 5.74) is 17.5. The second-order valence-electron chi connectivity index (χ2n) is 25.8. The number of rotatable bonds is 18. The van der Waals surface area contributed by atoms with E-state index >= 15 is 0 Å². The number of halogens is 13. The van der Waals surface area contributed by atoms with E-state index in [1.54, 1.807) is 50.4 Å². The van der Waals surface area contributed by atoms with E-state index in [9.17, 15) is 72.9 Å². The number of anilines is 14. The molecule has 0 aliphatic rings. The van der Waals surface area contributed by atoms with Crippen LogP contribution in [0.1, 0.15) is 64.2 Å². The average molecular weight is 1740 g/mol. The normalized spacial score (nSPS) is 11.1. The van der Waals surface area contributed by atoms with Crippen LogP contribution in [0.3, 0.4) is 0 Å². The summed E-state index contributed by atoms with van der Waals surface area (Å²) in [6.45, 7) is 12.2. The quantitative estimate of drug-likeness (QED) is 0.0127. The Balaban J connectivity index is 0.000000209. The lowest BCUT2D eigenvalue weighted by molar-refractivity contribution is -0.384. The number of carboxylic acids is 1. The molecule has 13 rings (SSSR count). The molecule has 0 aliphatic carbocycles. The number of nitro groups is 2. The molecule has 5 heterocycles. The van der Waals surface area contributed by atoms with Gasteiger partial charge in [0.15, 0.2) is 40.7 Å². The van der Waals surface area contributed by atoms with Crippen molar-refractivity contribution >= 4 is 120 Å². The highest BCUT2D eigenvalue weighted by Crippen LogP contribution is 2.36. The maximum Gasteiger partial charge on any atom is 0.416 e. The molecule has 0 atom stereocenters. The van der Waals surface area contributed by atoms with Crippen LogP contribution in [0.5, 0.6) is 0 Å². The number of hydrogen-bond acceptors (Lipinski definition) is 25. The van der Waals surface area contributed by atoms with Gasteiger partial charge < -0.3 is 62.7 Å². The molecule has 123 heavy (non-hydrogen) atoms. The van der Waals surface area contributed by atoms with Crippen LogP contribution in [-0.4, -0.2) is 97.6 Å². The first kappa shape index (κ1) is 95.7. The molecule has 0 fully saturated rings. The standard InChI is InChI=1S/C20H16F3N5.C18H14F3N5O2.C18H16F3N5.C11H7ClF3N3.C7H8N2O2.C5H12O3.C2H4O2/c1-12-3-8-16-17(9-12)28(13(2)25-16)19-11-24-10-18(27-19)26-15-6-4-14(5-7-15)20(21,22)23;1-11-2-7-15(26(27)28)14(8-11)24-17-10-22-9-16(25-17)23-13-5-3-12(4-6-13)18(19,20)21;1-11-2-7-14(22)15(8-11)25-17-10-23-9-16(26-17)24-13-5-3-12(4-6-13)18(19,20)21;12-9-5-16-6-10(18-9)17-8-3-1-7(2-4-8)11(13,14)15;1-5-2-3-7(9(10)11)6(8)4-5;1-5(6-2,7-3)8-4;1-2(3)4/h3-11H,1-2H3,(H,26,27);2-10H,1H3,(H2,23,24,25);2-10H,22H2,1H3,(H2,24,25,26);1-6H,(H,17,18);2-4H,8H2,1H3;1-4H3;1H3,(H,3,4). The van der Waals surface area contributed by atoms with E-state index < -0.39 is 68.7 Å². The van der Waals surface area contributed by atoms with E-state index in [4.69, 9.17) is 47.2 Å². The fourth-order valence-electron chi connectivity index (χ4n) is 10.1. The lowest BCUT2D eigenvalue weighted by Crippen LogP contribution is -2.31. The number of fused-ring (bicyclic) bond motifs is 1.